The van der Waals surface area contributed by atoms with Gasteiger partial charge in [-0.1, -0.05) is 11.6 Å². The number of nitrogens with one attached hydrogen (secondary N) is 1. The standard InChI is InChI=1S/C24H23ClF2N8O4/c25-15-2-3-19(39-24(26)27)16(10-15)22-18(30-17-11-29-35-5-1-4-28-23(17)35)12-34(31-22)13-20(36)33-8-6-32(7-9-33)14-21(37)38/h1-5,10-12,24,30H,6-9,13-14H2,(H,37,38). The van der Waals surface area contributed by atoms with Gasteiger partial charge in [-0.25, -0.2) is 9.50 Å². The number of piperazine rings is 1. The lowest BCUT2D eigenvalue weighted by Gasteiger charge is -2.33. The summed E-state index contributed by atoms with van der Waals surface area (Å²) in [6.07, 6.45) is 6.46. The van der Waals surface area contributed by atoms with Crippen LogP contribution in [0.1, 0.15) is 0 Å². The third-order valence-electron chi connectivity index (χ3n) is 6.10. The van der Waals surface area contributed by atoms with Gasteiger partial charge in [0.2, 0.25) is 5.91 Å². The van der Waals surface area contributed by atoms with Gasteiger partial charge in [0.1, 0.15) is 23.7 Å². The molecule has 12 nitrogen and oxygen atoms in total. The molecule has 4 heterocycles. The first-order valence-electron chi connectivity index (χ1n) is 11.9. The van der Waals surface area contributed by atoms with E-state index in [0.29, 0.717) is 43.2 Å². The van der Waals surface area contributed by atoms with E-state index < -0.39 is 12.6 Å². The Balaban J connectivity index is 1.45. The minimum absolute atomic E-state index is 0.0827. The van der Waals surface area contributed by atoms with Crippen molar-refractivity contribution in [3.63, 3.8) is 0 Å². The van der Waals surface area contributed by atoms with Gasteiger partial charge in [-0.2, -0.15) is 19.0 Å². The van der Waals surface area contributed by atoms with Gasteiger partial charge >= 0.3 is 12.6 Å². The summed E-state index contributed by atoms with van der Waals surface area (Å²) in [5.41, 5.74) is 1.85. The SMILES string of the molecule is O=C(O)CN1CCN(C(=O)Cn2cc(Nc3cnn4cccnc34)c(-c3cc(Cl)ccc3OC(F)F)n2)CC1. The maximum atomic E-state index is 13.2. The van der Waals surface area contributed by atoms with Crippen LogP contribution in [-0.2, 0) is 16.1 Å². The number of halogens is 3. The van der Waals surface area contributed by atoms with Crippen LogP contribution in [0.25, 0.3) is 16.9 Å². The molecule has 39 heavy (non-hydrogen) atoms. The molecule has 4 aromatic rings. The lowest BCUT2D eigenvalue weighted by molar-refractivity contribution is -0.139. The van der Waals surface area contributed by atoms with E-state index in [9.17, 15) is 18.4 Å². The highest BCUT2D eigenvalue weighted by Crippen LogP contribution is 2.38. The summed E-state index contributed by atoms with van der Waals surface area (Å²) in [5, 5.41) is 21.2. The lowest BCUT2D eigenvalue weighted by Crippen LogP contribution is -2.50. The topological polar surface area (TPSA) is 130 Å². The van der Waals surface area contributed by atoms with Gasteiger partial charge in [-0.3, -0.25) is 19.2 Å². The Hall–Kier alpha value is -4.30. The number of anilines is 2. The number of aromatic nitrogens is 5. The van der Waals surface area contributed by atoms with E-state index in [4.69, 9.17) is 21.4 Å². The fourth-order valence-electron chi connectivity index (χ4n) is 4.32. The van der Waals surface area contributed by atoms with E-state index in [1.807, 2.05) is 0 Å². The average molecular weight is 561 g/mol. The van der Waals surface area contributed by atoms with Crippen molar-refractivity contribution in [1.82, 2.24) is 34.2 Å². The Morgan fingerprint density at radius 3 is 2.69 bits per heavy atom. The first-order chi connectivity index (χ1) is 18.8. The Morgan fingerprint density at radius 2 is 1.95 bits per heavy atom. The zero-order valence-corrected chi connectivity index (χ0v) is 21.1. The molecule has 0 bridgehead atoms. The van der Waals surface area contributed by atoms with E-state index in [-0.39, 0.29) is 41.0 Å². The van der Waals surface area contributed by atoms with Crippen molar-refractivity contribution >= 4 is 40.5 Å². The van der Waals surface area contributed by atoms with Crippen molar-refractivity contribution in [3.8, 4) is 17.0 Å². The van der Waals surface area contributed by atoms with Gasteiger partial charge in [0.25, 0.3) is 0 Å². The number of alkyl halides is 2. The predicted octanol–water partition coefficient (Wildman–Crippen LogP) is 2.82. The van der Waals surface area contributed by atoms with Crippen molar-refractivity contribution in [2.75, 3.05) is 38.0 Å². The Bertz CT molecular complexity index is 1500. The van der Waals surface area contributed by atoms with Gasteiger partial charge in [-0.05, 0) is 24.3 Å². The third-order valence-corrected chi connectivity index (χ3v) is 6.34. The fraction of sp³-hybridized carbons (Fsp3) is 0.292. The number of aliphatic carboxylic acids is 1. The molecule has 2 N–H and O–H groups in total. The van der Waals surface area contributed by atoms with E-state index in [2.05, 4.69) is 20.5 Å². The normalized spacial score (nSPS) is 14.2. The molecule has 0 atom stereocenters. The number of ether oxygens (including phenoxy) is 1. The second-order valence-corrected chi connectivity index (χ2v) is 9.17. The van der Waals surface area contributed by atoms with E-state index in [0.717, 1.165) is 0 Å². The molecule has 0 radical (unpaired) electrons. The van der Waals surface area contributed by atoms with Gasteiger partial charge in [0, 0.05) is 55.4 Å². The molecule has 0 spiro atoms. The molecule has 0 saturated carbocycles. The number of benzene rings is 1. The molecule has 0 aliphatic carbocycles. The zero-order chi connectivity index (χ0) is 27.5. The second-order valence-electron chi connectivity index (χ2n) is 8.73. The zero-order valence-electron chi connectivity index (χ0n) is 20.4. The van der Waals surface area contributed by atoms with Gasteiger partial charge < -0.3 is 20.1 Å². The number of hydrogen-bond donors (Lipinski definition) is 2. The Kier molecular flexibility index (Phi) is 7.56. The lowest BCUT2D eigenvalue weighted by atomic mass is 10.1. The monoisotopic (exact) mass is 560 g/mol. The molecule has 3 aromatic heterocycles. The Labute approximate surface area is 225 Å². The van der Waals surface area contributed by atoms with Crippen molar-refractivity contribution in [3.05, 3.63) is 54.1 Å². The average Bonchev–Trinajstić information content (AvgIpc) is 3.49. The second kappa shape index (κ2) is 11.2. The summed E-state index contributed by atoms with van der Waals surface area (Å²) < 4.78 is 34.0. The molecular weight excluding hydrogens is 538 g/mol. The van der Waals surface area contributed by atoms with Crippen LogP contribution in [0.15, 0.2) is 49.1 Å². The maximum absolute atomic E-state index is 13.2. The highest BCUT2D eigenvalue weighted by Gasteiger charge is 2.25. The van der Waals surface area contributed by atoms with Crippen LogP contribution in [0, 0.1) is 0 Å². The highest BCUT2D eigenvalue weighted by atomic mass is 35.5. The number of carboxylic acids is 1. The van der Waals surface area contributed by atoms with Crippen molar-refractivity contribution in [2.24, 2.45) is 0 Å². The molecule has 1 aliphatic rings. The number of carboxylic acid groups (broad SMARTS) is 1. The van der Waals surface area contributed by atoms with Crippen molar-refractivity contribution in [2.45, 2.75) is 13.2 Å². The van der Waals surface area contributed by atoms with E-state index >= 15 is 0 Å². The van der Waals surface area contributed by atoms with Crippen LogP contribution in [0.3, 0.4) is 0 Å². The largest absolute Gasteiger partial charge is 0.480 e. The number of carbonyl (C=O) groups excluding carboxylic acids is 1. The summed E-state index contributed by atoms with van der Waals surface area (Å²) >= 11 is 6.19. The van der Waals surface area contributed by atoms with Crippen molar-refractivity contribution < 1.29 is 28.2 Å². The molecule has 1 saturated heterocycles. The van der Waals surface area contributed by atoms with Gasteiger partial charge in [0.15, 0.2) is 5.65 Å². The predicted molar refractivity (Wildman–Crippen MR) is 136 cm³/mol. The van der Waals surface area contributed by atoms with Crippen LogP contribution < -0.4 is 10.1 Å². The quantitative estimate of drug-likeness (QED) is 0.317. The molecule has 1 fully saturated rings. The molecule has 0 unspecified atom stereocenters. The third kappa shape index (κ3) is 6.07. The minimum Gasteiger partial charge on any atom is -0.480 e. The number of rotatable bonds is 9. The highest BCUT2D eigenvalue weighted by molar-refractivity contribution is 6.31. The van der Waals surface area contributed by atoms with Crippen LogP contribution in [0.4, 0.5) is 20.2 Å². The first kappa shape index (κ1) is 26.3. The summed E-state index contributed by atoms with van der Waals surface area (Å²) in [6, 6.07) is 5.93. The smallest absolute Gasteiger partial charge is 0.387 e. The number of nitrogens with zero attached hydrogens (tertiary/aromatic N) is 7. The maximum Gasteiger partial charge on any atom is 0.387 e. The molecule has 204 valence electrons. The number of carbonyl (C=O) groups is 2. The number of fused-ring (bicyclic) bond motifs is 1. The van der Waals surface area contributed by atoms with Crippen LogP contribution in [-0.4, -0.2) is 90.5 Å². The van der Waals surface area contributed by atoms with Crippen LogP contribution in [0.5, 0.6) is 5.75 Å². The molecule has 15 heteroatoms. The summed E-state index contributed by atoms with van der Waals surface area (Å²) in [5.74, 6) is -1.28. The summed E-state index contributed by atoms with van der Waals surface area (Å²) in [4.78, 5) is 31.7. The minimum atomic E-state index is -3.08. The van der Waals surface area contributed by atoms with Gasteiger partial charge in [-0.15, -0.1) is 0 Å². The van der Waals surface area contributed by atoms with Crippen LogP contribution >= 0.6 is 11.6 Å². The number of amides is 1. The summed E-state index contributed by atoms with van der Waals surface area (Å²) in [6.45, 7) is -1.66. The molecule has 1 amide bonds. The van der Waals surface area contributed by atoms with Gasteiger partial charge in [0.05, 0.1) is 18.4 Å². The fourth-order valence-corrected chi connectivity index (χ4v) is 4.50. The summed E-state index contributed by atoms with van der Waals surface area (Å²) in [7, 11) is 0. The van der Waals surface area contributed by atoms with Crippen LogP contribution in [0.2, 0.25) is 5.02 Å². The van der Waals surface area contributed by atoms with E-state index in [1.165, 1.54) is 22.9 Å². The van der Waals surface area contributed by atoms with Crippen molar-refractivity contribution in [1.29, 1.82) is 0 Å². The Morgan fingerprint density at radius 1 is 1.15 bits per heavy atom. The molecule has 5 rings (SSSR count). The van der Waals surface area contributed by atoms with E-state index in [1.54, 1.807) is 45.2 Å². The molecular formula is C24H23ClF2N8O4. The number of hydrogen-bond acceptors (Lipinski definition) is 8. The molecule has 1 aromatic carbocycles. The molecule has 1 aliphatic heterocycles. The first-order valence-corrected chi connectivity index (χ1v) is 12.2.